The third-order valence-electron chi connectivity index (χ3n) is 4.75. The fraction of sp³-hybridized carbons (Fsp3) is 0.550. The van der Waals surface area contributed by atoms with Crippen LogP contribution in [-0.2, 0) is 24.0 Å². The number of nitrogen functional groups attached to an aromatic ring is 1. The Morgan fingerprint density at radius 3 is 2.67 bits per heavy atom. The number of anilines is 1. The predicted molar refractivity (Wildman–Crippen MR) is 131 cm³/mol. The molecular weight excluding hydrogens is 514 g/mol. The van der Waals surface area contributed by atoms with Crippen LogP contribution in [0, 0.1) is 0 Å². The molecule has 1 saturated heterocycles. The van der Waals surface area contributed by atoms with Gasteiger partial charge in [-0.05, 0) is 33.3 Å². The highest BCUT2D eigenvalue weighted by Crippen LogP contribution is 2.40. The van der Waals surface area contributed by atoms with Gasteiger partial charge in [-0.15, -0.1) is 11.8 Å². The van der Waals surface area contributed by atoms with Crippen LogP contribution in [0.3, 0.4) is 0 Å². The molecule has 1 aromatic heterocycles. The number of fused-ring (bicyclic) bond motifs is 1. The Morgan fingerprint density at radius 2 is 2.06 bits per heavy atom. The van der Waals surface area contributed by atoms with E-state index in [0.29, 0.717) is 17.7 Å². The van der Waals surface area contributed by atoms with Crippen LogP contribution in [0.4, 0.5) is 9.93 Å². The van der Waals surface area contributed by atoms with Gasteiger partial charge in [0.05, 0.1) is 0 Å². The molecule has 1 aromatic rings. The molecule has 1 fully saturated rings. The van der Waals surface area contributed by atoms with E-state index in [9.17, 15) is 24.3 Å². The van der Waals surface area contributed by atoms with Crippen molar-refractivity contribution in [2.45, 2.75) is 51.1 Å². The predicted octanol–water partition coefficient (Wildman–Crippen LogP) is 0.514. The summed E-state index contributed by atoms with van der Waals surface area (Å²) < 4.78 is 9.11. The van der Waals surface area contributed by atoms with Gasteiger partial charge in [0.25, 0.3) is 11.8 Å². The van der Waals surface area contributed by atoms with Crippen molar-refractivity contribution < 1.29 is 33.9 Å². The number of carbonyl (C=O) groups is 4. The van der Waals surface area contributed by atoms with Gasteiger partial charge in [0.1, 0.15) is 29.3 Å². The minimum atomic E-state index is -1.20. The summed E-state index contributed by atoms with van der Waals surface area (Å²) in [7, 11) is 0. The van der Waals surface area contributed by atoms with E-state index in [0.717, 1.165) is 11.5 Å². The van der Waals surface area contributed by atoms with Crippen molar-refractivity contribution in [3.63, 3.8) is 0 Å². The van der Waals surface area contributed by atoms with Crippen LogP contribution >= 0.6 is 23.3 Å². The van der Waals surface area contributed by atoms with Gasteiger partial charge in [-0.3, -0.25) is 14.5 Å². The van der Waals surface area contributed by atoms with Gasteiger partial charge in [0.2, 0.25) is 11.5 Å². The normalized spacial score (nSPS) is 19.8. The maximum atomic E-state index is 13.0. The Labute approximate surface area is 214 Å². The standard InChI is InChI=1S/C20H27N7O7S2/c1-9-8-35-16-11(15(29)27(16)12(9)17(30)31)23-14(28)10(13-24-18(21)36-26-13)25-33-7-5-6-22-19(32)34-20(2,3)4/h11,16H,5-8H2,1-4H3,(H,22,32)(H,23,28)(H,30,31)(H2,21,24,26)/t11?,16-/m0/s1. The second kappa shape index (κ2) is 11.1. The number of alkyl carbamates (subject to hydrolysis) is 1. The number of oxime groups is 1. The molecule has 0 spiro atoms. The van der Waals surface area contributed by atoms with Crippen molar-refractivity contribution in [2.24, 2.45) is 5.16 Å². The summed E-state index contributed by atoms with van der Waals surface area (Å²) in [5.41, 5.74) is 5.22. The Kier molecular flexibility index (Phi) is 8.39. The zero-order valence-corrected chi connectivity index (χ0v) is 21.7. The molecule has 2 aliphatic heterocycles. The van der Waals surface area contributed by atoms with Gasteiger partial charge in [0.15, 0.2) is 5.13 Å². The highest BCUT2D eigenvalue weighted by atomic mass is 32.2. The number of hydrogen-bond acceptors (Lipinski definition) is 12. The van der Waals surface area contributed by atoms with E-state index < -0.39 is 40.9 Å². The molecule has 0 saturated carbocycles. The Morgan fingerprint density at radius 1 is 1.33 bits per heavy atom. The second-order valence-corrected chi connectivity index (χ2v) is 10.7. The molecular formula is C20H27N7O7S2. The number of nitrogens with one attached hydrogen (secondary N) is 2. The van der Waals surface area contributed by atoms with Crippen molar-refractivity contribution >= 4 is 58.0 Å². The lowest BCUT2D eigenvalue weighted by Crippen LogP contribution is -2.71. The molecule has 196 valence electrons. The maximum Gasteiger partial charge on any atom is 0.407 e. The topological polar surface area (TPSA) is 198 Å². The van der Waals surface area contributed by atoms with Crippen molar-refractivity contribution in [1.29, 1.82) is 0 Å². The van der Waals surface area contributed by atoms with Crippen molar-refractivity contribution in [1.82, 2.24) is 24.9 Å². The van der Waals surface area contributed by atoms with E-state index in [1.54, 1.807) is 27.7 Å². The number of aliphatic carboxylic acids is 1. The van der Waals surface area contributed by atoms with E-state index in [1.165, 1.54) is 16.7 Å². The first kappa shape index (κ1) is 27.2. The molecule has 5 N–H and O–H groups in total. The van der Waals surface area contributed by atoms with Crippen LogP contribution in [0.25, 0.3) is 0 Å². The number of rotatable bonds is 9. The van der Waals surface area contributed by atoms with Crippen LogP contribution in [0.1, 0.15) is 39.9 Å². The molecule has 3 amide bonds. The van der Waals surface area contributed by atoms with Crippen molar-refractivity contribution in [3.8, 4) is 0 Å². The number of carbonyl (C=O) groups excluding carboxylic acids is 3. The first-order valence-corrected chi connectivity index (χ1v) is 12.7. The molecule has 0 aliphatic carbocycles. The highest BCUT2D eigenvalue weighted by molar-refractivity contribution is 8.00. The third-order valence-corrected chi connectivity index (χ3v) is 6.72. The number of thioether (sulfide) groups is 1. The smallest absolute Gasteiger partial charge is 0.407 e. The minimum absolute atomic E-state index is 0.0485. The third kappa shape index (κ3) is 6.42. The zero-order valence-electron chi connectivity index (χ0n) is 20.1. The molecule has 0 radical (unpaired) electrons. The van der Waals surface area contributed by atoms with Gasteiger partial charge in [-0.1, -0.05) is 5.16 Å². The summed E-state index contributed by atoms with van der Waals surface area (Å²) in [6, 6.07) is -0.954. The largest absolute Gasteiger partial charge is 0.477 e. The first-order valence-electron chi connectivity index (χ1n) is 10.8. The first-order chi connectivity index (χ1) is 16.9. The molecule has 36 heavy (non-hydrogen) atoms. The Hall–Kier alpha value is -3.40. The van der Waals surface area contributed by atoms with E-state index in [2.05, 4.69) is 25.1 Å². The van der Waals surface area contributed by atoms with E-state index in [1.807, 2.05) is 0 Å². The van der Waals surface area contributed by atoms with Crippen molar-refractivity contribution in [3.05, 3.63) is 17.1 Å². The summed E-state index contributed by atoms with van der Waals surface area (Å²) in [4.78, 5) is 59.2. The molecule has 3 heterocycles. The monoisotopic (exact) mass is 541 g/mol. The molecule has 3 rings (SSSR count). The average Bonchev–Trinajstić information content (AvgIpc) is 3.20. The SMILES string of the molecule is CC1=C(C(=O)O)N2C(=O)C(NC(=O)C(=NOCCCNC(=O)OC(C)(C)C)c3nsc(N)n3)[C@@H]2SC1. The molecule has 16 heteroatoms. The lowest BCUT2D eigenvalue weighted by atomic mass is 10.0. The fourth-order valence-electron chi connectivity index (χ4n) is 3.25. The molecule has 14 nitrogen and oxygen atoms in total. The number of ether oxygens (including phenoxy) is 1. The molecule has 2 atom stereocenters. The fourth-order valence-corrected chi connectivity index (χ4v) is 4.98. The van der Waals surface area contributed by atoms with Crippen LogP contribution in [0.15, 0.2) is 16.4 Å². The quantitative estimate of drug-likeness (QED) is 0.147. The highest BCUT2D eigenvalue weighted by Gasteiger charge is 2.54. The maximum absolute atomic E-state index is 13.0. The number of amides is 3. The van der Waals surface area contributed by atoms with E-state index in [4.69, 9.17) is 15.3 Å². The Bertz CT molecular complexity index is 1110. The summed E-state index contributed by atoms with van der Waals surface area (Å²) in [5.74, 6) is -2.19. The number of β-lactam (4-membered cyclic amide) rings is 1. The van der Waals surface area contributed by atoms with Crippen molar-refractivity contribution in [2.75, 3.05) is 24.6 Å². The lowest BCUT2D eigenvalue weighted by molar-refractivity contribution is -0.150. The number of carboxylic acid groups (broad SMARTS) is 1. The van der Waals surface area contributed by atoms with Gasteiger partial charge >= 0.3 is 12.1 Å². The number of nitrogens with two attached hydrogens (primary N) is 1. The molecule has 1 unspecified atom stereocenters. The van der Waals surface area contributed by atoms with Crippen LogP contribution in [0.5, 0.6) is 0 Å². The molecule has 0 aromatic carbocycles. The number of carboxylic acids is 1. The van der Waals surface area contributed by atoms with Crippen LogP contribution in [-0.4, -0.2) is 84.9 Å². The van der Waals surface area contributed by atoms with Crippen LogP contribution < -0.4 is 16.4 Å². The number of hydrogen-bond donors (Lipinski definition) is 4. The van der Waals surface area contributed by atoms with E-state index >= 15 is 0 Å². The zero-order chi connectivity index (χ0) is 26.6. The summed E-state index contributed by atoms with van der Waals surface area (Å²) in [6.07, 6.45) is -0.202. The average molecular weight is 542 g/mol. The number of aromatic nitrogens is 2. The molecule has 2 aliphatic rings. The summed E-state index contributed by atoms with van der Waals surface area (Å²) in [6.45, 7) is 7.20. The van der Waals surface area contributed by atoms with Crippen LogP contribution in [0.2, 0.25) is 0 Å². The molecule has 0 bridgehead atoms. The second-order valence-electron chi connectivity index (χ2n) is 8.81. The van der Waals surface area contributed by atoms with Gasteiger partial charge in [-0.25, -0.2) is 9.59 Å². The minimum Gasteiger partial charge on any atom is -0.477 e. The lowest BCUT2D eigenvalue weighted by Gasteiger charge is -2.49. The van der Waals surface area contributed by atoms with E-state index in [-0.39, 0.29) is 35.5 Å². The summed E-state index contributed by atoms with van der Waals surface area (Å²) >= 11 is 2.20. The number of nitrogens with zero attached hydrogens (tertiary/aromatic N) is 4. The van der Waals surface area contributed by atoms with Gasteiger partial charge in [0, 0.05) is 30.3 Å². The van der Waals surface area contributed by atoms with Gasteiger partial charge < -0.3 is 31.0 Å². The summed E-state index contributed by atoms with van der Waals surface area (Å²) in [5, 5.41) is 18.0. The Balaban J connectivity index is 1.60. The van der Waals surface area contributed by atoms with Gasteiger partial charge in [-0.2, -0.15) is 9.36 Å².